The van der Waals surface area contributed by atoms with Crippen molar-refractivity contribution in [2.45, 2.75) is 71.5 Å². The molecule has 1 unspecified atom stereocenters. The monoisotopic (exact) mass is 791 g/mol. The van der Waals surface area contributed by atoms with Gasteiger partial charge in [-0.25, -0.2) is 14.4 Å². The van der Waals surface area contributed by atoms with E-state index < -0.39 is 29.7 Å². The molecule has 1 aliphatic carbocycles. The number of esters is 1. The topological polar surface area (TPSA) is 202 Å². The molecule has 1 atom stereocenters. The fraction of sp³-hybridized carbons (Fsp3) is 0.293. The number of hydrogen-bond acceptors (Lipinski definition) is 15. The Balaban J connectivity index is 1.09. The van der Waals surface area contributed by atoms with E-state index in [2.05, 4.69) is 20.4 Å². The fourth-order valence-electron chi connectivity index (χ4n) is 6.84. The van der Waals surface area contributed by atoms with E-state index in [0.717, 1.165) is 53.6 Å². The van der Waals surface area contributed by atoms with Crippen LogP contribution < -0.4 is 4.74 Å². The number of hydrogen-bond donors (Lipinski definition) is 2. The van der Waals surface area contributed by atoms with E-state index in [4.69, 9.17) is 34.2 Å². The van der Waals surface area contributed by atoms with Gasteiger partial charge in [0.25, 0.3) is 11.9 Å². The predicted octanol–water partition coefficient (Wildman–Crippen LogP) is 6.99. The minimum Gasteiger partial charge on any atom is -0.465 e. The lowest BCUT2D eigenvalue weighted by Crippen LogP contribution is -2.26. The Bertz CT molecular complexity index is 2390. The van der Waals surface area contributed by atoms with E-state index in [1.54, 1.807) is 47.0 Å². The third-order valence-electron chi connectivity index (χ3n) is 9.53. The zero-order chi connectivity index (χ0) is 40.6. The average Bonchev–Trinajstić information content (AvgIpc) is 3.86. The first-order valence-electron chi connectivity index (χ1n) is 18.8. The fourth-order valence-corrected chi connectivity index (χ4v) is 6.84. The smallest absolute Gasteiger partial charge is 0.465 e. The molecule has 2 heterocycles. The summed E-state index contributed by atoms with van der Waals surface area (Å²) in [5, 5.41) is 30.1. The van der Waals surface area contributed by atoms with Crippen LogP contribution in [0.25, 0.3) is 33.5 Å². The molecular weight excluding hydrogens is 750 g/mol. The number of nitrogens with zero attached hydrogens (tertiary/aromatic N) is 7. The van der Waals surface area contributed by atoms with Crippen molar-refractivity contribution in [1.29, 1.82) is 0 Å². The van der Waals surface area contributed by atoms with E-state index in [1.165, 1.54) is 6.92 Å². The second-order valence-corrected chi connectivity index (χ2v) is 13.4. The Labute approximate surface area is 332 Å². The minimum atomic E-state index is -1.19. The third kappa shape index (κ3) is 9.19. The van der Waals surface area contributed by atoms with Crippen molar-refractivity contribution < 1.29 is 48.6 Å². The molecule has 0 saturated heterocycles. The summed E-state index contributed by atoms with van der Waals surface area (Å²) < 4.78 is 23.9. The van der Waals surface area contributed by atoms with Crippen molar-refractivity contribution in [2.75, 3.05) is 6.61 Å². The number of benzene rings is 4. The molecule has 7 rings (SSSR count). The first-order valence-corrected chi connectivity index (χ1v) is 18.8. The van der Waals surface area contributed by atoms with E-state index in [9.17, 15) is 14.4 Å². The van der Waals surface area contributed by atoms with Gasteiger partial charge in [0.2, 0.25) is 12.1 Å². The molecule has 2 aromatic heterocycles. The van der Waals surface area contributed by atoms with Gasteiger partial charge in [-0.05, 0) is 78.3 Å². The molecule has 17 nitrogen and oxygen atoms in total. The summed E-state index contributed by atoms with van der Waals surface area (Å²) in [7, 11) is 0. The number of aromatic nitrogens is 6. The minimum absolute atomic E-state index is 0.189. The Morgan fingerprint density at radius 2 is 1.59 bits per heavy atom. The molecule has 0 spiro atoms. The Hall–Kier alpha value is -6.53. The van der Waals surface area contributed by atoms with Crippen molar-refractivity contribution in [3.63, 3.8) is 0 Å². The van der Waals surface area contributed by atoms with Gasteiger partial charge in [0.05, 0.1) is 41.7 Å². The average molecular weight is 792 g/mol. The van der Waals surface area contributed by atoms with Crippen LogP contribution in [0.15, 0.2) is 91.0 Å². The highest BCUT2D eigenvalue weighted by Crippen LogP contribution is 2.32. The molecule has 300 valence electrons. The molecular formula is C41H41N7O10. The zero-order valence-electron chi connectivity index (χ0n) is 31.8. The Morgan fingerprint density at radius 3 is 2.34 bits per heavy atom. The molecule has 58 heavy (non-hydrogen) atoms. The zero-order valence-corrected chi connectivity index (χ0v) is 31.8. The normalized spacial score (nSPS) is 13.7. The number of carbonyl (C=O) groups excluding carboxylic acids is 3. The van der Waals surface area contributed by atoms with E-state index in [0.29, 0.717) is 34.8 Å². The largest absolute Gasteiger partial charge is 0.511 e. The summed E-state index contributed by atoms with van der Waals surface area (Å²) >= 11 is 0. The highest BCUT2D eigenvalue weighted by Gasteiger charge is 2.25. The number of ether oxygens (including phenoxy) is 4. The summed E-state index contributed by atoms with van der Waals surface area (Å²) in [5.74, 6) is -1.08. The molecule has 6 aromatic rings. The maximum atomic E-state index is 13.5. The van der Waals surface area contributed by atoms with Gasteiger partial charge in [-0.1, -0.05) is 84.0 Å². The predicted molar refractivity (Wildman–Crippen MR) is 204 cm³/mol. The quantitative estimate of drug-likeness (QED) is 0.0648. The van der Waals surface area contributed by atoms with Gasteiger partial charge >= 0.3 is 12.1 Å². The van der Waals surface area contributed by atoms with Crippen molar-refractivity contribution in [1.82, 2.24) is 35.1 Å². The van der Waals surface area contributed by atoms with Crippen LogP contribution in [-0.2, 0) is 32.2 Å². The van der Waals surface area contributed by atoms with E-state index >= 15 is 0 Å². The summed E-state index contributed by atoms with van der Waals surface area (Å²) in [6.07, 6.45) is 2.40. The Morgan fingerprint density at radius 1 is 0.862 bits per heavy atom. The number of para-hydroxylation sites is 1. The van der Waals surface area contributed by atoms with Crippen molar-refractivity contribution in [2.24, 2.45) is 0 Å². The molecule has 17 heteroatoms. The molecule has 2 N–H and O–H groups in total. The molecule has 0 aliphatic heterocycles. The second-order valence-electron chi connectivity index (χ2n) is 13.4. The van der Waals surface area contributed by atoms with Gasteiger partial charge in [0.15, 0.2) is 0 Å². The van der Waals surface area contributed by atoms with Crippen LogP contribution >= 0.6 is 0 Å². The van der Waals surface area contributed by atoms with Crippen LogP contribution in [-0.4, -0.2) is 82.6 Å². The molecule has 0 amide bonds. The maximum Gasteiger partial charge on any atom is 0.511 e. The molecule has 1 aliphatic rings. The number of tetrazole rings is 1. The van der Waals surface area contributed by atoms with E-state index in [1.807, 2.05) is 55.5 Å². The van der Waals surface area contributed by atoms with Crippen LogP contribution in [0.5, 0.6) is 6.01 Å². The van der Waals surface area contributed by atoms with Crippen molar-refractivity contribution in [3.05, 3.63) is 113 Å². The summed E-state index contributed by atoms with van der Waals surface area (Å²) in [4.78, 5) is 49.5. The molecule has 1 fully saturated rings. The maximum absolute atomic E-state index is 13.5. The molecule has 0 bridgehead atoms. The van der Waals surface area contributed by atoms with Crippen molar-refractivity contribution in [3.8, 4) is 28.5 Å². The van der Waals surface area contributed by atoms with Gasteiger partial charge in [0, 0.05) is 18.1 Å². The van der Waals surface area contributed by atoms with E-state index in [-0.39, 0.29) is 36.2 Å². The van der Waals surface area contributed by atoms with Crippen LogP contribution in [0.3, 0.4) is 0 Å². The van der Waals surface area contributed by atoms with Gasteiger partial charge in [0.1, 0.15) is 6.10 Å². The highest BCUT2D eigenvalue weighted by molar-refractivity contribution is 6.02. The number of rotatable bonds is 14. The lowest BCUT2D eigenvalue weighted by atomic mass is 9.98. The summed E-state index contributed by atoms with van der Waals surface area (Å²) in [6.45, 7) is 3.64. The number of carbonyl (C=O) groups is 3. The number of imidazole rings is 1. The van der Waals surface area contributed by atoms with Gasteiger partial charge in [-0.2, -0.15) is 4.98 Å². The highest BCUT2D eigenvalue weighted by atomic mass is 17.1. The second kappa shape index (κ2) is 18.2. The first-order chi connectivity index (χ1) is 28.2. The summed E-state index contributed by atoms with van der Waals surface area (Å²) in [5.41, 5.74) is 4.91. The van der Waals surface area contributed by atoms with Gasteiger partial charge in [-0.15, -0.1) is 10.2 Å². The first kappa shape index (κ1) is 39.7. The summed E-state index contributed by atoms with van der Waals surface area (Å²) in [6, 6.07) is 27.1. The van der Waals surface area contributed by atoms with Crippen LogP contribution in [0, 0.1) is 0 Å². The number of fused-ring (bicyclic) bond motifs is 1. The molecule has 0 radical (unpaired) electrons. The van der Waals surface area contributed by atoms with Crippen LogP contribution in [0.4, 0.5) is 4.79 Å². The standard InChI is InChI=1S/C41H41N7O10/c1-3-54-40-42-35-19-11-18-34(39(50)56-26(2)57-41(51)58-30-13-5-4-6-14-30)36(35)46(40)24-27-20-22-28(23-21-27)31-15-9-10-17-33(31)37-43-45-47(44-37)38(49)32-16-8-7-12-29(32)25-55-48(52)53/h7-12,15-23,26,30,52-53H,3-6,13-14,24-25H2,1-2H3. The van der Waals surface area contributed by atoms with Gasteiger partial charge < -0.3 is 18.9 Å². The van der Waals surface area contributed by atoms with Crippen LogP contribution in [0.2, 0.25) is 0 Å². The third-order valence-corrected chi connectivity index (χ3v) is 9.53. The Kier molecular flexibility index (Phi) is 12.4. The van der Waals surface area contributed by atoms with Crippen LogP contribution in [0.1, 0.15) is 77.8 Å². The van der Waals surface area contributed by atoms with Gasteiger partial charge in [-0.3, -0.25) is 19.8 Å². The molecule has 1 saturated carbocycles. The lowest BCUT2D eigenvalue weighted by molar-refractivity contribution is -0.497. The lowest BCUT2D eigenvalue weighted by Gasteiger charge is -2.22. The van der Waals surface area contributed by atoms with Crippen molar-refractivity contribution >= 4 is 29.1 Å². The SMILES string of the molecule is CCOc1nc2cccc(C(=O)OC(C)OC(=O)OC3CCCCC3)c2n1Cc1ccc(-c2ccccc2-c2nnn(C(=O)c3ccccc3CON(O)O)n2)cc1. The molecule has 4 aromatic carbocycles.